The Balaban J connectivity index is 1.96. The molecule has 2 rings (SSSR count). The summed E-state index contributed by atoms with van der Waals surface area (Å²) in [6, 6.07) is 15.1. The normalized spacial score (nSPS) is 10.2. The monoisotopic (exact) mass is 288 g/mol. The Kier molecular flexibility index (Phi) is 4.64. The number of carbonyl (C=O) groups excluding carboxylic acids is 1. The molecule has 0 bridgehead atoms. The quantitative estimate of drug-likeness (QED) is 0.896. The van der Waals surface area contributed by atoms with E-state index in [-0.39, 0.29) is 6.03 Å². The van der Waals surface area contributed by atoms with Gasteiger partial charge in [-0.15, -0.1) is 0 Å². The summed E-state index contributed by atoms with van der Waals surface area (Å²) in [5.74, 6) is 0. The fourth-order valence-corrected chi connectivity index (χ4v) is 2.05. The molecule has 0 heterocycles. The summed E-state index contributed by atoms with van der Waals surface area (Å²) in [5.41, 5.74) is 2.95. The number of urea groups is 1. The van der Waals surface area contributed by atoms with Gasteiger partial charge in [-0.05, 0) is 36.8 Å². The SMILES string of the molecule is Cc1ccc(NC(=O)N(C)Cc2cccc(Cl)c2)cc1. The summed E-state index contributed by atoms with van der Waals surface area (Å²) < 4.78 is 0. The second-order valence-electron chi connectivity index (χ2n) is 4.78. The van der Waals surface area contributed by atoms with E-state index in [9.17, 15) is 4.79 Å². The third-order valence-electron chi connectivity index (χ3n) is 2.96. The van der Waals surface area contributed by atoms with Crippen molar-refractivity contribution in [3.63, 3.8) is 0 Å². The maximum absolute atomic E-state index is 12.1. The van der Waals surface area contributed by atoms with E-state index in [0.29, 0.717) is 11.6 Å². The molecule has 20 heavy (non-hydrogen) atoms. The molecule has 0 saturated carbocycles. The fraction of sp³-hybridized carbons (Fsp3) is 0.188. The Morgan fingerprint density at radius 3 is 2.55 bits per heavy atom. The lowest BCUT2D eigenvalue weighted by Gasteiger charge is -2.18. The molecule has 0 saturated heterocycles. The van der Waals surface area contributed by atoms with Gasteiger partial charge in [0.2, 0.25) is 0 Å². The number of halogens is 1. The van der Waals surface area contributed by atoms with Gasteiger partial charge in [0.05, 0.1) is 0 Å². The Morgan fingerprint density at radius 2 is 1.90 bits per heavy atom. The molecule has 2 aromatic rings. The van der Waals surface area contributed by atoms with E-state index in [1.54, 1.807) is 11.9 Å². The Labute approximate surface area is 124 Å². The average Bonchev–Trinajstić information content (AvgIpc) is 2.41. The third kappa shape index (κ3) is 4.00. The highest BCUT2D eigenvalue weighted by Gasteiger charge is 2.09. The number of hydrogen-bond acceptors (Lipinski definition) is 1. The standard InChI is InChI=1S/C16H17ClN2O/c1-12-6-8-15(9-7-12)18-16(20)19(2)11-13-4-3-5-14(17)10-13/h3-10H,11H2,1-2H3,(H,18,20). The first-order valence-corrected chi connectivity index (χ1v) is 6.75. The molecule has 104 valence electrons. The van der Waals surface area contributed by atoms with Crippen molar-refractivity contribution in [2.24, 2.45) is 0 Å². The van der Waals surface area contributed by atoms with E-state index < -0.39 is 0 Å². The largest absolute Gasteiger partial charge is 0.323 e. The van der Waals surface area contributed by atoms with Crippen molar-refractivity contribution >= 4 is 23.3 Å². The molecule has 0 aromatic heterocycles. The smallest absolute Gasteiger partial charge is 0.321 e. The third-order valence-corrected chi connectivity index (χ3v) is 3.19. The van der Waals surface area contributed by atoms with E-state index in [4.69, 9.17) is 11.6 Å². The number of benzene rings is 2. The average molecular weight is 289 g/mol. The molecule has 0 spiro atoms. The lowest BCUT2D eigenvalue weighted by atomic mass is 10.2. The van der Waals surface area contributed by atoms with Crippen LogP contribution in [0.5, 0.6) is 0 Å². The highest BCUT2D eigenvalue weighted by atomic mass is 35.5. The van der Waals surface area contributed by atoms with Crippen molar-refractivity contribution in [2.75, 3.05) is 12.4 Å². The predicted octanol–water partition coefficient (Wildman–Crippen LogP) is 4.31. The Morgan fingerprint density at radius 1 is 1.20 bits per heavy atom. The van der Waals surface area contributed by atoms with Crippen LogP contribution in [0.15, 0.2) is 48.5 Å². The van der Waals surface area contributed by atoms with Crippen LogP contribution in [0.4, 0.5) is 10.5 Å². The first-order chi connectivity index (χ1) is 9.54. The van der Waals surface area contributed by atoms with E-state index in [1.165, 1.54) is 0 Å². The molecule has 0 atom stereocenters. The first-order valence-electron chi connectivity index (χ1n) is 6.38. The molecule has 1 N–H and O–H groups in total. The lowest BCUT2D eigenvalue weighted by Crippen LogP contribution is -2.30. The number of rotatable bonds is 3. The molecule has 0 aliphatic heterocycles. The highest BCUT2D eigenvalue weighted by Crippen LogP contribution is 2.13. The van der Waals surface area contributed by atoms with Crippen LogP contribution in [-0.2, 0) is 6.54 Å². The number of anilines is 1. The maximum Gasteiger partial charge on any atom is 0.321 e. The van der Waals surface area contributed by atoms with Gasteiger partial charge < -0.3 is 10.2 Å². The number of aryl methyl sites for hydroxylation is 1. The molecule has 0 fully saturated rings. The predicted molar refractivity (Wildman–Crippen MR) is 83.1 cm³/mol. The summed E-state index contributed by atoms with van der Waals surface area (Å²) in [7, 11) is 1.75. The van der Waals surface area contributed by atoms with Gasteiger partial charge in [-0.25, -0.2) is 4.79 Å². The summed E-state index contributed by atoms with van der Waals surface area (Å²) in [5, 5.41) is 3.53. The summed E-state index contributed by atoms with van der Waals surface area (Å²) in [6.45, 7) is 2.52. The number of nitrogens with zero attached hydrogens (tertiary/aromatic N) is 1. The van der Waals surface area contributed by atoms with Crippen LogP contribution < -0.4 is 5.32 Å². The Hall–Kier alpha value is -2.00. The van der Waals surface area contributed by atoms with Gasteiger partial charge in [-0.3, -0.25) is 0 Å². The molecule has 0 radical (unpaired) electrons. The van der Waals surface area contributed by atoms with Crippen LogP contribution in [-0.4, -0.2) is 18.0 Å². The number of carbonyl (C=O) groups is 1. The van der Waals surface area contributed by atoms with Gasteiger partial charge in [0.15, 0.2) is 0 Å². The second-order valence-corrected chi connectivity index (χ2v) is 5.22. The van der Waals surface area contributed by atoms with Crippen LogP contribution in [0.3, 0.4) is 0 Å². The summed E-state index contributed by atoms with van der Waals surface area (Å²) in [4.78, 5) is 13.7. The van der Waals surface area contributed by atoms with Crippen molar-refractivity contribution in [3.05, 3.63) is 64.7 Å². The summed E-state index contributed by atoms with van der Waals surface area (Å²) in [6.07, 6.45) is 0. The van der Waals surface area contributed by atoms with E-state index >= 15 is 0 Å². The van der Waals surface area contributed by atoms with Crippen molar-refractivity contribution in [1.82, 2.24) is 4.90 Å². The second kappa shape index (κ2) is 6.44. The van der Waals surface area contributed by atoms with Crippen molar-refractivity contribution in [2.45, 2.75) is 13.5 Å². The van der Waals surface area contributed by atoms with Gasteiger partial charge in [0.1, 0.15) is 0 Å². The molecular weight excluding hydrogens is 272 g/mol. The summed E-state index contributed by atoms with van der Waals surface area (Å²) >= 11 is 5.93. The van der Waals surface area contributed by atoms with Gasteiger partial charge in [0, 0.05) is 24.3 Å². The van der Waals surface area contributed by atoms with Gasteiger partial charge in [-0.1, -0.05) is 41.4 Å². The van der Waals surface area contributed by atoms with Gasteiger partial charge >= 0.3 is 6.03 Å². The minimum Gasteiger partial charge on any atom is -0.323 e. The number of amides is 2. The van der Waals surface area contributed by atoms with Crippen molar-refractivity contribution in [3.8, 4) is 0 Å². The van der Waals surface area contributed by atoms with Crippen LogP contribution in [0, 0.1) is 6.92 Å². The van der Waals surface area contributed by atoms with Crippen LogP contribution in [0.1, 0.15) is 11.1 Å². The molecule has 0 aliphatic carbocycles. The molecule has 0 unspecified atom stereocenters. The molecule has 4 heteroatoms. The Bertz CT molecular complexity index is 596. The molecular formula is C16H17ClN2O. The van der Waals surface area contributed by atoms with Crippen molar-refractivity contribution < 1.29 is 4.79 Å². The zero-order valence-electron chi connectivity index (χ0n) is 11.6. The molecule has 0 aliphatic rings. The zero-order valence-corrected chi connectivity index (χ0v) is 12.3. The van der Waals surface area contributed by atoms with E-state index in [2.05, 4.69) is 5.32 Å². The maximum atomic E-state index is 12.1. The molecule has 2 amide bonds. The highest BCUT2D eigenvalue weighted by molar-refractivity contribution is 6.30. The molecule has 2 aromatic carbocycles. The topological polar surface area (TPSA) is 32.3 Å². The zero-order chi connectivity index (χ0) is 14.5. The number of hydrogen-bond donors (Lipinski definition) is 1. The van der Waals surface area contributed by atoms with Crippen LogP contribution in [0.2, 0.25) is 5.02 Å². The van der Waals surface area contributed by atoms with Crippen molar-refractivity contribution in [1.29, 1.82) is 0 Å². The van der Waals surface area contributed by atoms with Crippen LogP contribution in [0.25, 0.3) is 0 Å². The fourth-order valence-electron chi connectivity index (χ4n) is 1.84. The van der Waals surface area contributed by atoms with E-state index in [0.717, 1.165) is 16.8 Å². The molecule has 3 nitrogen and oxygen atoms in total. The number of nitrogens with one attached hydrogen (secondary N) is 1. The minimum absolute atomic E-state index is 0.145. The van der Waals surface area contributed by atoms with Crippen LogP contribution >= 0.6 is 11.6 Å². The first kappa shape index (κ1) is 14.4. The van der Waals surface area contributed by atoms with Gasteiger partial charge in [-0.2, -0.15) is 0 Å². The van der Waals surface area contributed by atoms with E-state index in [1.807, 2.05) is 55.5 Å². The minimum atomic E-state index is -0.145. The van der Waals surface area contributed by atoms with Gasteiger partial charge in [0.25, 0.3) is 0 Å². The lowest BCUT2D eigenvalue weighted by molar-refractivity contribution is 0.220.